The summed E-state index contributed by atoms with van der Waals surface area (Å²) in [6.07, 6.45) is 2.62. The number of hydrogen-bond donors (Lipinski definition) is 4. The van der Waals surface area contributed by atoms with Crippen molar-refractivity contribution in [2.24, 2.45) is 5.73 Å². The van der Waals surface area contributed by atoms with Crippen LogP contribution >= 0.6 is 11.8 Å². The first-order valence-corrected chi connectivity index (χ1v) is 8.49. The van der Waals surface area contributed by atoms with Crippen LogP contribution < -0.4 is 21.7 Å². The Balaban J connectivity index is 1.58. The number of carbonyl (C=O) groups excluding carboxylic acids is 2. The van der Waals surface area contributed by atoms with E-state index in [0.29, 0.717) is 11.7 Å². The Kier molecular flexibility index (Phi) is 5.85. The minimum atomic E-state index is -3.04. The van der Waals surface area contributed by atoms with Crippen LogP contribution in [0.5, 0.6) is 0 Å². The van der Waals surface area contributed by atoms with Crippen molar-refractivity contribution in [2.75, 3.05) is 18.8 Å². The highest BCUT2D eigenvalue weighted by atomic mass is 32.2. The Hall–Kier alpha value is -1.09. The molecule has 9 heteroatoms. The minimum absolute atomic E-state index is 0.111. The molecule has 2 fully saturated rings. The van der Waals surface area contributed by atoms with Crippen LogP contribution in [0.4, 0.5) is 13.6 Å². The van der Waals surface area contributed by atoms with Crippen molar-refractivity contribution < 1.29 is 18.4 Å². The van der Waals surface area contributed by atoms with Crippen LogP contribution in [0.2, 0.25) is 0 Å². The van der Waals surface area contributed by atoms with E-state index in [1.165, 1.54) is 0 Å². The minimum Gasteiger partial charge on any atom is -0.350 e. The molecule has 2 heterocycles. The lowest BCUT2D eigenvalue weighted by Gasteiger charge is -2.16. The molecule has 126 valence electrons. The lowest BCUT2D eigenvalue weighted by atomic mass is 10.0. The largest absolute Gasteiger partial charge is 0.350 e. The van der Waals surface area contributed by atoms with Crippen LogP contribution in [0.15, 0.2) is 0 Å². The maximum atomic E-state index is 12.9. The van der Waals surface area contributed by atoms with E-state index in [9.17, 15) is 18.4 Å². The van der Waals surface area contributed by atoms with Crippen molar-refractivity contribution in [2.45, 2.75) is 48.9 Å². The second-order valence-electron chi connectivity index (χ2n) is 5.70. The summed E-state index contributed by atoms with van der Waals surface area (Å²) in [5, 5.41) is 8.35. The Bertz CT molecular complexity index is 425. The summed E-state index contributed by atoms with van der Waals surface area (Å²) in [4.78, 5) is 22.7. The highest BCUT2D eigenvalue weighted by molar-refractivity contribution is 8.00. The lowest BCUT2D eigenvalue weighted by molar-refractivity contribution is -0.123. The van der Waals surface area contributed by atoms with Crippen LogP contribution in [-0.2, 0) is 4.79 Å². The molecule has 0 aliphatic carbocycles. The molecule has 2 rings (SSSR count). The number of alkyl halides is 2. The highest BCUT2D eigenvalue weighted by Crippen LogP contribution is 2.33. The van der Waals surface area contributed by atoms with E-state index < -0.39 is 19.0 Å². The summed E-state index contributed by atoms with van der Waals surface area (Å²) in [6, 6.07) is 0.249. The van der Waals surface area contributed by atoms with Crippen molar-refractivity contribution in [3.8, 4) is 0 Å². The van der Waals surface area contributed by atoms with Gasteiger partial charge in [-0.3, -0.25) is 4.79 Å². The van der Waals surface area contributed by atoms with Gasteiger partial charge in [-0.2, -0.15) is 11.8 Å². The Morgan fingerprint density at radius 3 is 2.91 bits per heavy atom. The van der Waals surface area contributed by atoms with Crippen LogP contribution in [-0.4, -0.2) is 54.0 Å². The monoisotopic (exact) mass is 336 g/mol. The van der Waals surface area contributed by atoms with Gasteiger partial charge in [-0.25, -0.2) is 13.6 Å². The van der Waals surface area contributed by atoms with Crippen molar-refractivity contribution in [3.63, 3.8) is 0 Å². The molecule has 0 radical (unpaired) electrons. The summed E-state index contributed by atoms with van der Waals surface area (Å²) in [5.41, 5.74) is 4.90. The van der Waals surface area contributed by atoms with Crippen LogP contribution in [0.3, 0.4) is 0 Å². The zero-order chi connectivity index (χ0) is 16.2. The SMILES string of the molecule is NCC(F)(F)CNC(=O)CCCC[C@@H]1SC[C@@H]2NC(=O)N[C@@H]21. The van der Waals surface area contributed by atoms with Gasteiger partial charge in [0.2, 0.25) is 5.91 Å². The molecule has 0 aromatic carbocycles. The number of unbranched alkanes of at least 4 members (excludes halogenated alkanes) is 1. The molecule has 2 aliphatic rings. The molecule has 2 aliphatic heterocycles. The molecule has 6 nitrogen and oxygen atoms in total. The third-order valence-electron chi connectivity index (χ3n) is 3.92. The topological polar surface area (TPSA) is 96.2 Å². The van der Waals surface area contributed by atoms with Gasteiger partial charge in [0.05, 0.1) is 25.2 Å². The first-order chi connectivity index (χ1) is 10.4. The summed E-state index contributed by atoms with van der Waals surface area (Å²) < 4.78 is 25.8. The van der Waals surface area contributed by atoms with Gasteiger partial charge in [-0.15, -0.1) is 0 Å². The molecule has 0 saturated carbocycles. The predicted molar refractivity (Wildman–Crippen MR) is 81.0 cm³/mol. The maximum Gasteiger partial charge on any atom is 0.315 e. The van der Waals surface area contributed by atoms with Gasteiger partial charge in [-0.1, -0.05) is 6.42 Å². The number of urea groups is 1. The zero-order valence-electron chi connectivity index (χ0n) is 12.2. The normalized spacial score (nSPS) is 27.2. The molecule has 0 aromatic heterocycles. The summed E-state index contributed by atoms with van der Waals surface area (Å²) in [7, 11) is 0. The fraction of sp³-hybridized carbons (Fsp3) is 0.846. The second-order valence-corrected chi connectivity index (χ2v) is 6.98. The molecular formula is C13H22F2N4O2S. The standard InChI is InChI=1S/C13H22F2N4O2S/c14-13(15,6-16)7-17-10(20)4-2-1-3-9-11-8(5-22-9)18-12(21)19-11/h8-9,11H,1-7,16H2,(H,17,20)(H2,18,19,21)/t8-,9-,11-/m0/s1. The molecular weight excluding hydrogens is 314 g/mol. The molecule has 2 saturated heterocycles. The van der Waals surface area contributed by atoms with Gasteiger partial charge in [0, 0.05) is 17.4 Å². The van der Waals surface area contributed by atoms with Crippen molar-refractivity contribution in [3.05, 3.63) is 0 Å². The van der Waals surface area contributed by atoms with E-state index >= 15 is 0 Å². The lowest BCUT2D eigenvalue weighted by Crippen LogP contribution is -2.41. The summed E-state index contributed by atoms with van der Waals surface area (Å²) >= 11 is 1.82. The van der Waals surface area contributed by atoms with Crippen LogP contribution in [0.25, 0.3) is 0 Å². The summed E-state index contributed by atoms with van der Waals surface area (Å²) in [6.45, 7) is -1.48. The van der Waals surface area contributed by atoms with E-state index in [1.807, 2.05) is 11.8 Å². The smallest absolute Gasteiger partial charge is 0.315 e. The average Bonchev–Trinajstić information content (AvgIpc) is 3.01. The van der Waals surface area contributed by atoms with Gasteiger partial charge in [0.15, 0.2) is 0 Å². The predicted octanol–water partition coefficient (Wildman–Crippen LogP) is 0.422. The van der Waals surface area contributed by atoms with Crippen LogP contribution in [0.1, 0.15) is 25.7 Å². The first-order valence-electron chi connectivity index (χ1n) is 7.44. The third kappa shape index (κ3) is 4.70. The van der Waals surface area contributed by atoms with Gasteiger partial charge < -0.3 is 21.7 Å². The molecule has 0 aromatic rings. The zero-order valence-corrected chi connectivity index (χ0v) is 13.1. The molecule has 0 bridgehead atoms. The maximum absolute atomic E-state index is 12.9. The molecule has 3 amide bonds. The fourth-order valence-corrected chi connectivity index (χ4v) is 4.21. The molecule has 0 unspecified atom stereocenters. The van der Waals surface area contributed by atoms with Gasteiger partial charge >= 0.3 is 6.03 Å². The van der Waals surface area contributed by atoms with E-state index in [1.54, 1.807) is 0 Å². The molecule has 22 heavy (non-hydrogen) atoms. The summed E-state index contributed by atoms with van der Waals surface area (Å²) in [5.74, 6) is -2.51. The number of thioether (sulfide) groups is 1. The Morgan fingerprint density at radius 2 is 2.18 bits per heavy atom. The van der Waals surface area contributed by atoms with Gasteiger partial charge in [-0.05, 0) is 12.8 Å². The number of rotatable bonds is 8. The number of fused-ring (bicyclic) bond motifs is 1. The number of nitrogens with one attached hydrogen (secondary N) is 3. The Morgan fingerprint density at radius 1 is 1.41 bits per heavy atom. The van der Waals surface area contributed by atoms with E-state index in [2.05, 4.69) is 16.0 Å². The van der Waals surface area contributed by atoms with Gasteiger partial charge in [0.1, 0.15) is 0 Å². The fourth-order valence-electron chi connectivity index (χ4n) is 2.66. The number of amides is 3. The van der Waals surface area contributed by atoms with E-state index in [4.69, 9.17) is 5.73 Å². The molecule has 3 atom stereocenters. The Labute approximate surface area is 132 Å². The highest BCUT2D eigenvalue weighted by Gasteiger charge is 2.42. The van der Waals surface area contributed by atoms with Crippen molar-refractivity contribution >= 4 is 23.7 Å². The number of halogens is 2. The average molecular weight is 336 g/mol. The first kappa shape index (κ1) is 17.3. The quantitative estimate of drug-likeness (QED) is 0.382. The van der Waals surface area contributed by atoms with Gasteiger partial charge in [0.25, 0.3) is 5.92 Å². The number of nitrogens with two attached hydrogens (primary N) is 1. The van der Waals surface area contributed by atoms with Crippen molar-refractivity contribution in [1.82, 2.24) is 16.0 Å². The van der Waals surface area contributed by atoms with Crippen molar-refractivity contribution in [1.29, 1.82) is 0 Å². The van der Waals surface area contributed by atoms with E-state index in [-0.39, 0.29) is 30.4 Å². The van der Waals surface area contributed by atoms with E-state index in [0.717, 1.165) is 18.6 Å². The third-order valence-corrected chi connectivity index (χ3v) is 5.43. The second kappa shape index (κ2) is 7.45. The molecule has 0 spiro atoms. The number of hydrogen-bond acceptors (Lipinski definition) is 4. The number of carbonyl (C=O) groups is 2. The molecule has 5 N–H and O–H groups in total. The van der Waals surface area contributed by atoms with Crippen LogP contribution in [0, 0.1) is 0 Å².